The van der Waals surface area contributed by atoms with Gasteiger partial charge in [-0.2, -0.15) is 0 Å². The molecule has 3 heterocycles. The molecule has 0 spiro atoms. The van der Waals surface area contributed by atoms with Gasteiger partial charge in [-0.25, -0.2) is 9.59 Å². The SMILES string of the molecule is CN1C2CCC1CC(NC(=O)Nc1cccc3c1C(=O)OC3)C2. The fourth-order valence-electron chi connectivity index (χ4n) is 4.15. The van der Waals surface area contributed by atoms with E-state index in [1.807, 2.05) is 12.1 Å². The van der Waals surface area contributed by atoms with Gasteiger partial charge in [0, 0.05) is 23.7 Å². The molecule has 4 rings (SSSR count). The lowest BCUT2D eigenvalue weighted by Gasteiger charge is -2.36. The van der Waals surface area contributed by atoms with Gasteiger partial charge >= 0.3 is 12.0 Å². The monoisotopic (exact) mass is 315 g/mol. The van der Waals surface area contributed by atoms with E-state index >= 15 is 0 Å². The zero-order valence-corrected chi connectivity index (χ0v) is 13.2. The Labute approximate surface area is 135 Å². The first-order valence-electron chi connectivity index (χ1n) is 8.20. The Morgan fingerprint density at radius 1 is 1.26 bits per heavy atom. The second-order valence-corrected chi connectivity index (χ2v) is 6.73. The predicted molar refractivity (Wildman–Crippen MR) is 85.3 cm³/mol. The molecule has 2 bridgehead atoms. The minimum absolute atomic E-state index is 0.201. The van der Waals surface area contributed by atoms with Crippen molar-refractivity contribution in [2.75, 3.05) is 12.4 Å². The topological polar surface area (TPSA) is 70.7 Å². The van der Waals surface area contributed by atoms with Crippen molar-refractivity contribution in [2.24, 2.45) is 0 Å². The van der Waals surface area contributed by atoms with Gasteiger partial charge in [0.1, 0.15) is 6.61 Å². The van der Waals surface area contributed by atoms with E-state index in [0.717, 1.165) is 18.4 Å². The third-order valence-electron chi connectivity index (χ3n) is 5.40. The maximum Gasteiger partial charge on any atom is 0.341 e. The lowest BCUT2D eigenvalue weighted by molar-refractivity contribution is 0.0536. The standard InChI is InChI=1S/C17H21N3O3/c1-20-12-5-6-13(20)8-11(7-12)18-17(22)19-14-4-2-3-10-9-23-16(21)15(10)14/h2-4,11-13H,5-9H2,1H3,(H2,18,19,22). The molecule has 1 aromatic carbocycles. The summed E-state index contributed by atoms with van der Waals surface area (Å²) in [5.74, 6) is -0.367. The van der Waals surface area contributed by atoms with Crippen molar-refractivity contribution in [3.05, 3.63) is 29.3 Å². The van der Waals surface area contributed by atoms with Crippen molar-refractivity contribution >= 4 is 17.7 Å². The molecular formula is C17H21N3O3. The molecule has 0 radical (unpaired) electrons. The van der Waals surface area contributed by atoms with E-state index in [-0.39, 0.29) is 24.6 Å². The summed E-state index contributed by atoms with van der Waals surface area (Å²) in [5.41, 5.74) is 1.83. The van der Waals surface area contributed by atoms with Crippen molar-refractivity contribution in [3.8, 4) is 0 Å². The molecule has 3 aliphatic rings. The Morgan fingerprint density at radius 2 is 2.00 bits per heavy atom. The van der Waals surface area contributed by atoms with E-state index in [1.54, 1.807) is 6.07 Å². The molecule has 122 valence electrons. The summed E-state index contributed by atoms with van der Waals surface area (Å²) in [6.07, 6.45) is 4.43. The molecule has 6 heteroatoms. The van der Waals surface area contributed by atoms with Crippen LogP contribution in [0.25, 0.3) is 0 Å². The number of piperidine rings is 1. The number of nitrogens with one attached hydrogen (secondary N) is 2. The van der Waals surface area contributed by atoms with Crippen molar-refractivity contribution in [2.45, 2.75) is 50.4 Å². The highest BCUT2D eigenvalue weighted by Crippen LogP contribution is 2.34. The highest BCUT2D eigenvalue weighted by Gasteiger charge is 2.38. The van der Waals surface area contributed by atoms with Gasteiger partial charge in [-0.05, 0) is 38.8 Å². The number of esters is 1. The molecule has 6 nitrogen and oxygen atoms in total. The lowest BCUT2D eigenvalue weighted by Crippen LogP contribution is -2.49. The van der Waals surface area contributed by atoms with Crippen LogP contribution in [0.2, 0.25) is 0 Å². The Bertz CT molecular complexity index is 646. The third kappa shape index (κ3) is 2.57. The smallest absolute Gasteiger partial charge is 0.341 e. The summed E-state index contributed by atoms with van der Waals surface area (Å²) in [7, 11) is 2.18. The highest BCUT2D eigenvalue weighted by molar-refractivity contribution is 6.03. The minimum atomic E-state index is -0.367. The summed E-state index contributed by atoms with van der Waals surface area (Å²) < 4.78 is 5.03. The van der Waals surface area contributed by atoms with E-state index in [0.29, 0.717) is 23.3 Å². The molecule has 2 atom stereocenters. The number of amides is 2. The third-order valence-corrected chi connectivity index (χ3v) is 5.40. The fourth-order valence-corrected chi connectivity index (χ4v) is 4.15. The number of benzene rings is 1. The lowest BCUT2D eigenvalue weighted by atomic mass is 9.98. The van der Waals surface area contributed by atoms with E-state index in [1.165, 1.54) is 12.8 Å². The Hall–Kier alpha value is -2.08. The molecule has 0 saturated carbocycles. The molecule has 2 saturated heterocycles. The van der Waals surface area contributed by atoms with Gasteiger partial charge in [0.15, 0.2) is 0 Å². The average molecular weight is 315 g/mol. The number of rotatable bonds is 2. The molecule has 0 aliphatic carbocycles. The summed E-state index contributed by atoms with van der Waals surface area (Å²) in [4.78, 5) is 26.5. The van der Waals surface area contributed by atoms with Crippen molar-refractivity contribution < 1.29 is 14.3 Å². The summed E-state index contributed by atoms with van der Waals surface area (Å²) in [6, 6.07) is 6.53. The summed E-state index contributed by atoms with van der Waals surface area (Å²) in [6.45, 7) is 0.281. The number of carbonyl (C=O) groups excluding carboxylic acids is 2. The molecular weight excluding hydrogens is 294 g/mol. The van der Waals surface area contributed by atoms with Crippen molar-refractivity contribution in [1.29, 1.82) is 0 Å². The number of urea groups is 1. The van der Waals surface area contributed by atoms with Crippen LogP contribution in [-0.2, 0) is 11.3 Å². The first kappa shape index (κ1) is 14.5. The molecule has 2 unspecified atom stereocenters. The van der Waals surface area contributed by atoms with E-state index in [2.05, 4.69) is 22.6 Å². The molecule has 3 aliphatic heterocycles. The predicted octanol–water partition coefficient (Wildman–Crippen LogP) is 2.10. The first-order chi connectivity index (χ1) is 11.1. The maximum absolute atomic E-state index is 12.3. The van der Waals surface area contributed by atoms with Crippen molar-refractivity contribution in [3.63, 3.8) is 0 Å². The molecule has 2 fully saturated rings. The number of hydrogen-bond donors (Lipinski definition) is 2. The fraction of sp³-hybridized carbons (Fsp3) is 0.529. The number of nitrogens with zero attached hydrogens (tertiary/aromatic N) is 1. The summed E-state index contributed by atoms with van der Waals surface area (Å²) >= 11 is 0. The quantitative estimate of drug-likeness (QED) is 0.820. The zero-order valence-electron chi connectivity index (χ0n) is 13.2. The molecule has 2 N–H and O–H groups in total. The van der Waals surface area contributed by atoms with Gasteiger partial charge in [-0.3, -0.25) is 0 Å². The van der Waals surface area contributed by atoms with E-state index in [9.17, 15) is 9.59 Å². The summed E-state index contributed by atoms with van der Waals surface area (Å²) in [5, 5.41) is 5.88. The van der Waals surface area contributed by atoms with Gasteiger partial charge in [-0.15, -0.1) is 0 Å². The largest absolute Gasteiger partial charge is 0.457 e. The highest BCUT2D eigenvalue weighted by atomic mass is 16.5. The van der Waals surface area contributed by atoms with Gasteiger partial charge in [0.05, 0.1) is 11.3 Å². The van der Waals surface area contributed by atoms with Gasteiger partial charge < -0.3 is 20.3 Å². The van der Waals surface area contributed by atoms with Gasteiger partial charge in [0.25, 0.3) is 0 Å². The number of ether oxygens (including phenoxy) is 1. The average Bonchev–Trinajstić information content (AvgIpc) is 2.97. The Kier molecular flexibility index (Phi) is 3.49. The Morgan fingerprint density at radius 3 is 2.74 bits per heavy atom. The van der Waals surface area contributed by atoms with E-state index in [4.69, 9.17) is 4.74 Å². The van der Waals surface area contributed by atoms with Crippen LogP contribution in [0.4, 0.5) is 10.5 Å². The molecule has 0 aromatic heterocycles. The van der Waals surface area contributed by atoms with Crippen LogP contribution in [0.1, 0.15) is 41.6 Å². The number of fused-ring (bicyclic) bond motifs is 3. The molecule has 1 aromatic rings. The zero-order chi connectivity index (χ0) is 16.0. The van der Waals surface area contributed by atoms with Crippen LogP contribution in [0.15, 0.2) is 18.2 Å². The van der Waals surface area contributed by atoms with Crippen molar-refractivity contribution in [1.82, 2.24) is 10.2 Å². The van der Waals surface area contributed by atoms with Crippen LogP contribution in [-0.4, -0.2) is 42.1 Å². The second kappa shape index (κ2) is 5.53. The minimum Gasteiger partial charge on any atom is -0.457 e. The first-order valence-corrected chi connectivity index (χ1v) is 8.20. The van der Waals surface area contributed by atoms with Gasteiger partial charge in [-0.1, -0.05) is 12.1 Å². The van der Waals surface area contributed by atoms with Crippen LogP contribution in [0, 0.1) is 0 Å². The number of cyclic esters (lactones) is 1. The second-order valence-electron chi connectivity index (χ2n) is 6.73. The Balaban J connectivity index is 1.42. The number of anilines is 1. The van der Waals surface area contributed by atoms with Gasteiger partial charge in [0.2, 0.25) is 0 Å². The van der Waals surface area contributed by atoms with Crippen LogP contribution < -0.4 is 10.6 Å². The number of carbonyl (C=O) groups is 2. The number of hydrogen-bond acceptors (Lipinski definition) is 4. The maximum atomic E-state index is 12.3. The molecule has 23 heavy (non-hydrogen) atoms. The molecule has 2 amide bonds. The van der Waals surface area contributed by atoms with Crippen LogP contribution in [0.5, 0.6) is 0 Å². The normalized spacial score (nSPS) is 29.1. The van der Waals surface area contributed by atoms with Crippen LogP contribution >= 0.6 is 0 Å². The van der Waals surface area contributed by atoms with Crippen LogP contribution in [0.3, 0.4) is 0 Å². The van der Waals surface area contributed by atoms with E-state index < -0.39 is 0 Å².